The van der Waals surface area contributed by atoms with Gasteiger partial charge in [0, 0.05) is 4.88 Å². The van der Waals surface area contributed by atoms with Gasteiger partial charge in [0.25, 0.3) is 0 Å². The Morgan fingerprint density at radius 3 is 3.00 bits per heavy atom. The summed E-state index contributed by atoms with van der Waals surface area (Å²) in [6.07, 6.45) is 5.74. The lowest BCUT2D eigenvalue weighted by Crippen LogP contribution is -1.80. The topological polar surface area (TPSA) is 0 Å². The van der Waals surface area contributed by atoms with Gasteiger partial charge in [0.1, 0.15) is 0 Å². The standard InChI is InChI=1S/C9H12S/c1-2-9(10-7-1)6-5-8-3-4-8/h1-2,7-8H,3-6H2. The van der Waals surface area contributed by atoms with E-state index in [0.29, 0.717) is 0 Å². The van der Waals surface area contributed by atoms with Crippen molar-refractivity contribution in [3.63, 3.8) is 0 Å². The van der Waals surface area contributed by atoms with Crippen LogP contribution in [0.5, 0.6) is 0 Å². The Kier molecular flexibility index (Phi) is 1.76. The largest absolute Gasteiger partial charge is 0.149 e. The van der Waals surface area contributed by atoms with Crippen LogP contribution in [0.25, 0.3) is 0 Å². The number of thiophene rings is 1. The Hall–Kier alpha value is -0.300. The molecule has 1 aromatic heterocycles. The first kappa shape index (κ1) is 6.41. The molecule has 1 fully saturated rings. The van der Waals surface area contributed by atoms with Crippen LogP contribution in [0.1, 0.15) is 24.1 Å². The average Bonchev–Trinajstić information content (AvgIpc) is 2.63. The van der Waals surface area contributed by atoms with Gasteiger partial charge in [0.15, 0.2) is 0 Å². The molecule has 0 nitrogen and oxygen atoms in total. The Morgan fingerprint density at radius 2 is 2.40 bits per heavy atom. The second-order valence-corrected chi connectivity index (χ2v) is 4.09. The van der Waals surface area contributed by atoms with Crippen molar-refractivity contribution in [2.24, 2.45) is 5.92 Å². The molecule has 1 heterocycles. The van der Waals surface area contributed by atoms with Crippen molar-refractivity contribution in [2.75, 3.05) is 0 Å². The van der Waals surface area contributed by atoms with E-state index in [0.717, 1.165) is 5.92 Å². The lowest BCUT2D eigenvalue weighted by atomic mass is 10.2. The summed E-state index contributed by atoms with van der Waals surface area (Å²) in [6, 6.07) is 4.39. The highest BCUT2D eigenvalue weighted by molar-refractivity contribution is 7.09. The van der Waals surface area contributed by atoms with Crippen LogP contribution in [0.2, 0.25) is 0 Å². The molecule has 0 aliphatic heterocycles. The molecule has 2 rings (SSSR count). The molecule has 10 heavy (non-hydrogen) atoms. The lowest BCUT2D eigenvalue weighted by Gasteiger charge is -1.92. The van der Waals surface area contributed by atoms with Crippen molar-refractivity contribution in [3.8, 4) is 0 Å². The molecule has 54 valence electrons. The summed E-state index contributed by atoms with van der Waals surface area (Å²) >= 11 is 1.89. The third kappa shape index (κ3) is 1.60. The zero-order chi connectivity index (χ0) is 6.81. The lowest BCUT2D eigenvalue weighted by molar-refractivity contribution is 0.733. The van der Waals surface area contributed by atoms with Crippen molar-refractivity contribution in [1.29, 1.82) is 0 Å². The van der Waals surface area contributed by atoms with Gasteiger partial charge in [-0.05, 0) is 30.2 Å². The third-order valence-corrected chi connectivity index (χ3v) is 3.01. The van der Waals surface area contributed by atoms with Crippen molar-refractivity contribution in [3.05, 3.63) is 22.4 Å². The number of aryl methyl sites for hydroxylation is 1. The quantitative estimate of drug-likeness (QED) is 0.624. The van der Waals surface area contributed by atoms with Crippen molar-refractivity contribution in [1.82, 2.24) is 0 Å². The normalized spacial score (nSPS) is 17.6. The van der Waals surface area contributed by atoms with E-state index >= 15 is 0 Å². The molecule has 0 spiro atoms. The molecule has 1 aliphatic carbocycles. The van der Waals surface area contributed by atoms with Gasteiger partial charge in [-0.15, -0.1) is 11.3 Å². The van der Waals surface area contributed by atoms with Crippen LogP contribution >= 0.6 is 11.3 Å². The maximum atomic E-state index is 2.24. The predicted molar refractivity (Wildman–Crippen MR) is 45.4 cm³/mol. The average molecular weight is 152 g/mol. The zero-order valence-corrected chi connectivity index (χ0v) is 6.86. The van der Waals surface area contributed by atoms with Gasteiger partial charge in [-0.3, -0.25) is 0 Å². The predicted octanol–water partition coefficient (Wildman–Crippen LogP) is 3.09. The molecule has 0 saturated heterocycles. The van der Waals surface area contributed by atoms with E-state index in [4.69, 9.17) is 0 Å². The Morgan fingerprint density at radius 1 is 1.50 bits per heavy atom. The molecular formula is C9H12S. The van der Waals surface area contributed by atoms with Crippen LogP contribution < -0.4 is 0 Å². The summed E-state index contributed by atoms with van der Waals surface area (Å²) in [7, 11) is 0. The molecule has 1 saturated carbocycles. The fraction of sp³-hybridized carbons (Fsp3) is 0.556. The molecule has 0 N–H and O–H groups in total. The van der Waals surface area contributed by atoms with Gasteiger partial charge in [0.2, 0.25) is 0 Å². The summed E-state index contributed by atoms with van der Waals surface area (Å²) in [4.78, 5) is 1.56. The maximum absolute atomic E-state index is 2.24. The van der Waals surface area contributed by atoms with Crippen molar-refractivity contribution >= 4 is 11.3 Å². The van der Waals surface area contributed by atoms with E-state index in [2.05, 4.69) is 17.5 Å². The Bertz CT molecular complexity index is 185. The van der Waals surface area contributed by atoms with E-state index < -0.39 is 0 Å². The highest BCUT2D eigenvalue weighted by Gasteiger charge is 2.20. The van der Waals surface area contributed by atoms with E-state index in [1.165, 1.54) is 25.7 Å². The number of hydrogen-bond donors (Lipinski definition) is 0. The summed E-state index contributed by atoms with van der Waals surface area (Å²) < 4.78 is 0. The molecule has 0 amide bonds. The van der Waals surface area contributed by atoms with Crippen LogP contribution in [0.15, 0.2) is 17.5 Å². The van der Waals surface area contributed by atoms with Crippen LogP contribution in [-0.4, -0.2) is 0 Å². The van der Waals surface area contributed by atoms with Crippen LogP contribution in [0, 0.1) is 5.92 Å². The molecule has 0 unspecified atom stereocenters. The summed E-state index contributed by atoms with van der Waals surface area (Å²) in [5.41, 5.74) is 0. The van der Waals surface area contributed by atoms with Gasteiger partial charge in [-0.2, -0.15) is 0 Å². The second kappa shape index (κ2) is 2.75. The van der Waals surface area contributed by atoms with E-state index in [1.54, 1.807) is 4.88 Å². The van der Waals surface area contributed by atoms with E-state index in [1.807, 2.05) is 11.3 Å². The van der Waals surface area contributed by atoms with Crippen LogP contribution in [0.3, 0.4) is 0 Å². The second-order valence-electron chi connectivity index (χ2n) is 3.06. The minimum atomic E-state index is 1.09. The summed E-state index contributed by atoms with van der Waals surface area (Å²) in [6.45, 7) is 0. The van der Waals surface area contributed by atoms with E-state index in [-0.39, 0.29) is 0 Å². The SMILES string of the molecule is c1csc(CCC2CC2)c1. The minimum absolute atomic E-state index is 1.09. The molecule has 1 aromatic rings. The first-order valence-corrected chi connectivity index (χ1v) is 4.85. The molecule has 1 heteroatoms. The minimum Gasteiger partial charge on any atom is -0.149 e. The fourth-order valence-electron chi connectivity index (χ4n) is 1.21. The molecule has 0 aromatic carbocycles. The first-order valence-electron chi connectivity index (χ1n) is 3.97. The van der Waals surface area contributed by atoms with Gasteiger partial charge < -0.3 is 0 Å². The molecule has 0 radical (unpaired) electrons. The van der Waals surface area contributed by atoms with Crippen molar-refractivity contribution < 1.29 is 0 Å². The molecule has 0 atom stereocenters. The monoisotopic (exact) mass is 152 g/mol. The highest BCUT2D eigenvalue weighted by atomic mass is 32.1. The molecule has 0 bridgehead atoms. The van der Waals surface area contributed by atoms with Gasteiger partial charge >= 0.3 is 0 Å². The highest BCUT2D eigenvalue weighted by Crippen LogP contribution is 2.33. The summed E-state index contributed by atoms with van der Waals surface area (Å²) in [5.74, 6) is 1.09. The molecular weight excluding hydrogens is 140 g/mol. The van der Waals surface area contributed by atoms with Crippen molar-refractivity contribution in [2.45, 2.75) is 25.7 Å². The van der Waals surface area contributed by atoms with Gasteiger partial charge in [-0.1, -0.05) is 18.9 Å². The van der Waals surface area contributed by atoms with E-state index in [9.17, 15) is 0 Å². The Labute approximate surface area is 65.9 Å². The third-order valence-electron chi connectivity index (χ3n) is 2.08. The van der Waals surface area contributed by atoms with Crippen LogP contribution in [0.4, 0.5) is 0 Å². The zero-order valence-electron chi connectivity index (χ0n) is 6.05. The smallest absolute Gasteiger partial charge is 0.00453 e. The van der Waals surface area contributed by atoms with Crippen LogP contribution in [-0.2, 0) is 6.42 Å². The number of hydrogen-bond acceptors (Lipinski definition) is 1. The molecule has 1 aliphatic rings. The van der Waals surface area contributed by atoms with Gasteiger partial charge in [-0.25, -0.2) is 0 Å². The maximum Gasteiger partial charge on any atom is 0.00453 e. The Balaban J connectivity index is 1.79. The first-order chi connectivity index (χ1) is 4.95. The fourth-order valence-corrected chi connectivity index (χ4v) is 1.93. The summed E-state index contributed by atoms with van der Waals surface area (Å²) in [5, 5.41) is 2.17. The van der Waals surface area contributed by atoms with Gasteiger partial charge in [0.05, 0.1) is 0 Å². The number of rotatable bonds is 3.